The highest BCUT2D eigenvalue weighted by atomic mass is 79.9. The first-order valence-corrected chi connectivity index (χ1v) is 10.8. The van der Waals surface area contributed by atoms with Gasteiger partial charge in [-0.3, -0.25) is 9.59 Å². The standard InChI is InChI=1S/C21H20BrN3O2S/c1-12-14(16-11-25(2)21(27)19(22)23-16)7-5-8-15(12)24-20(26)18-10-13-6-3-4-9-17(13)28-18/h5,7-8,10-11H,3-4,6,9H2,1-2H3,(H,24,26). The number of carbonyl (C=O) groups is 1. The monoisotopic (exact) mass is 457 g/mol. The smallest absolute Gasteiger partial charge is 0.283 e. The maximum absolute atomic E-state index is 12.8. The van der Waals surface area contributed by atoms with Crippen LogP contribution in [0.25, 0.3) is 11.3 Å². The summed E-state index contributed by atoms with van der Waals surface area (Å²) in [6, 6.07) is 7.76. The lowest BCUT2D eigenvalue weighted by molar-refractivity contribution is 0.103. The molecular weight excluding hydrogens is 438 g/mol. The van der Waals surface area contributed by atoms with E-state index in [0.29, 0.717) is 5.69 Å². The summed E-state index contributed by atoms with van der Waals surface area (Å²) in [5.41, 5.74) is 4.35. The van der Waals surface area contributed by atoms with E-state index < -0.39 is 0 Å². The lowest BCUT2D eigenvalue weighted by atomic mass is 9.99. The minimum absolute atomic E-state index is 0.0748. The van der Waals surface area contributed by atoms with Crippen molar-refractivity contribution in [3.05, 3.63) is 66.3 Å². The number of carbonyl (C=O) groups excluding carboxylic acids is 1. The molecule has 0 saturated heterocycles. The Labute approximate surface area is 175 Å². The van der Waals surface area contributed by atoms with Gasteiger partial charge >= 0.3 is 0 Å². The van der Waals surface area contributed by atoms with Crippen molar-refractivity contribution in [2.24, 2.45) is 7.05 Å². The zero-order valence-electron chi connectivity index (χ0n) is 15.7. The summed E-state index contributed by atoms with van der Waals surface area (Å²) >= 11 is 4.83. The van der Waals surface area contributed by atoms with Gasteiger partial charge in [0.25, 0.3) is 11.5 Å². The summed E-state index contributed by atoms with van der Waals surface area (Å²) in [6.45, 7) is 1.95. The van der Waals surface area contributed by atoms with Gasteiger partial charge in [-0.25, -0.2) is 4.98 Å². The predicted molar refractivity (Wildman–Crippen MR) is 116 cm³/mol. The van der Waals surface area contributed by atoms with Crippen molar-refractivity contribution in [2.45, 2.75) is 32.6 Å². The minimum Gasteiger partial charge on any atom is -0.321 e. The van der Waals surface area contributed by atoms with Crippen LogP contribution in [0.15, 0.2) is 39.9 Å². The van der Waals surface area contributed by atoms with E-state index in [0.717, 1.165) is 34.5 Å². The molecule has 1 aromatic carbocycles. The SMILES string of the molecule is Cc1c(NC(=O)c2cc3c(s2)CCCC3)cccc1-c1cn(C)c(=O)c(Br)n1. The van der Waals surface area contributed by atoms with Crippen molar-refractivity contribution in [2.75, 3.05) is 5.32 Å². The van der Waals surface area contributed by atoms with Gasteiger partial charge in [0.15, 0.2) is 4.60 Å². The molecule has 1 amide bonds. The number of nitrogens with zero attached hydrogens (tertiary/aromatic N) is 2. The first kappa shape index (κ1) is 19.1. The average Bonchev–Trinajstić information content (AvgIpc) is 3.12. The summed E-state index contributed by atoms with van der Waals surface area (Å²) < 4.78 is 1.76. The maximum atomic E-state index is 12.8. The fourth-order valence-electron chi connectivity index (χ4n) is 3.53. The summed E-state index contributed by atoms with van der Waals surface area (Å²) in [4.78, 5) is 31.2. The van der Waals surface area contributed by atoms with Crippen LogP contribution in [0.5, 0.6) is 0 Å². The van der Waals surface area contributed by atoms with E-state index in [-0.39, 0.29) is 16.1 Å². The van der Waals surface area contributed by atoms with Crippen molar-refractivity contribution in [3.63, 3.8) is 0 Å². The van der Waals surface area contributed by atoms with E-state index in [4.69, 9.17) is 0 Å². The average molecular weight is 458 g/mol. The lowest BCUT2D eigenvalue weighted by Gasteiger charge is -2.13. The Bertz CT molecular complexity index is 1080. The number of thiophene rings is 1. The molecular formula is C21H20BrN3O2S. The number of aryl methyl sites for hydroxylation is 3. The third-order valence-corrected chi connectivity index (χ3v) is 6.86. The van der Waals surface area contributed by atoms with Crippen LogP contribution >= 0.6 is 27.3 Å². The van der Waals surface area contributed by atoms with Gasteiger partial charge in [0, 0.05) is 29.4 Å². The molecule has 0 unspecified atom stereocenters. The van der Waals surface area contributed by atoms with Crippen LogP contribution in [-0.4, -0.2) is 15.5 Å². The third-order valence-electron chi connectivity index (χ3n) is 5.11. The molecule has 1 aliphatic carbocycles. The van der Waals surface area contributed by atoms with Crippen LogP contribution in [0, 0.1) is 6.92 Å². The molecule has 0 aliphatic heterocycles. The zero-order chi connectivity index (χ0) is 19.8. The Kier molecular flexibility index (Phi) is 5.21. The molecule has 1 N–H and O–H groups in total. The van der Waals surface area contributed by atoms with Crippen LogP contribution < -0.4 is 10.9 Å². The van der Waals surface area contributed by atoms with Gasteiger partial charge in [0.05, 0.1) is 10.6 Å². The normalized spacial score (nSPS) is 13.2. The first-order valence-electron chi connectivity index (χ1n) is 9.20. The van der Waals surface area contributed by atoms with Crippen molar-refractivity contribution in [1.82, 2.24) is 9.55 Å². The molecule has 0 radical (unpaired) electrons. The van der Waals surface area contributed by atoms with E-state index in [9.17, 15) is 9.59 Å². The Morgan fingerprint density at radius 3 is 2.82 bits per heavy atom. The number of amides is 1. The van der Waals surface area contributed by atoms with Crippen LogP contribution in [0.4, 0.5) is 5.69 Å². The molecule has 0 saturated carbocycles. The van der Waals surface area contributed by atoms with Gasteiger partial charge in [0.1, 0.15) is 0 Å². The van der Waals surface area contributed by atoms with E-state index in [1.165, 1.54) is 27.8 Å². The number of anilines is 1. The molecule has 0 atom stereocenters. The highest BCUT2D eigenvalue weighted by Gasteiger charge is 2.18. The summed E-state index contributed by atoms with van der Waals surface area (Å²) in [6.07, 6.45) is 6.26. The lowest BCUT2D eigenvalue weighted by Crippen LogP contribution is -2.18. The fraction of sp³-hybridized carbons (Fsp3) is 0.286. The molecule has 2 aromatic heterocycles. The van der Waals surface area contributed by atoms with Gasteiger partial charge < -0.3 is 9.88 Å². The summed E-state index contributed by atoms with van der Waals surface area (Å²) in [5, 5.41) is 3.05. The highest BCUT2D eigenvalue weighted by Crippen LogP contribution is 2.31. The van der Waals surface area contributed by atoms with Gasteiger partial charge in [-0.2, -0.15) is 0 Å². The Hall–Kier alpha value is -2.25. The van der Waals surface area contributed by atoms with Crippen LogP contribution in [0.2, 0.25) is 0 Å². The Balaban J connectivity index is 1.64. The second-order valence-electron chi connectivity index (χ2n) is 7.03. The number of rotatable bonds is 3. The van der Waals surface area contributed by atoms with Crippen LogP contribution in [-0.2, 0) is 19.9 Å². The summed E-state index contributed by atoms with van der Waals surface area (Å²) in [7, 11) is 1.69. The second kappa shape index (κ2) is 7.64. The highest BCUT2D eigenvalue weighted by molar-refractivity contribution is 9.10. The molecule has 0 fully saturated rings. The molecule has 7 heteroatoms. The Morgan fingerprint density at radius 1 is 1.29 bits per heavy atom. The summed E-state index contributed by atoms with van der Waals surface area (Å²) in [5.74, 6) is -0.0748. The molecule has 28 heavy (non-hydrogen) atoms. The molecule has 1 aliphatic rings. The van der Waals surface area contributed by atoms with Gasteiger partial charge in [-0.1, -0.05) is 12.1 Å². The van der Waals surface area contributed by atoms with Gasteiger partial charge in [-0.15, -0.1) is 11.3 Å². The number of hydrogen-bond donors (Lipinski definition) is 1. The number of nitrogens with one attached hydrogen (secondary N) is 1. The van der Waals surface area contributed by atoms with Crippen molar-refractivity contribution < 1.29 is 4.79 Å². The van der Waals surface area contributed by atoms with Crippen molar-refractivity contribution in [3.8, 4) is 11.3 Å². The topological polar surface area (TPSA) is 64.0 Å². The zero-order valence-corrected chi connectivity index (χ0v) is 18.1. The van der Waals surface area contributed by atoms with Gasteiger partial charge in [-0.05, 0) is 71.8 Å². The molecule has 5 nitrogen and oxygen atoms in total. The second-order valence-corrected chi connectivity index (χ2v) is 8.92. The van der Waals surface area contributed by atoms with Crippen LogP contribution in [0.1, 0.15) is 38.5 Å². The van der Waals surface area contributed by atoms with E-state index in [1.807, 2.05) is 31.2 Å². The molecule has 2 heterocycles. The number of halogens is 1. The number of fused-ring (bicyclic) bond motifs is 1. The first-order chi connectivity index (χ1) is 13.4. The Morgan fingerprint density at radius 2 is 2.07 bits per heavy atom. The quantitative estimate of drug-likeness (QED) is 0.619. The fourth-order valence-corrected chi connectivity index (χ4v) is 5.15. The number of aromatic nitrogens is 2. The number of hydrogen-bond acceptors (Lipinski definition) is 4. The predicted octanol–water partition coefficient (Wildman–Crippen LogP) is 4.71. The minimum atomic E-state index is -0.187. The number of benzene rings is 1. The van der Waals surface area contributed by atoms with Gasteiger partial charge in [0.2, 0.25) is 0 Å². The van der Waals surface area contributed by atoms with E-state index in [2.05, 4.69) is 26.2 Å². The largest absolute Gasteiger partial charge is 0.321 e. The van der Waals surface area contributed by atoms with Crippen molar-refractivity contribution >= 4 is 38.9 Å². The molecule has 0 spiro atoms. The third kappa shape index (κ3) is 3.56. The van der Waals surface area contributed by atoms with Crippen LogP contribution in [0.3, 0.4) is 0 Å². The maximum Gasteiger partial charge on any atom is 0.283 e. The van der Waals surface area contributed by atoms with E-state index in [1.54, 1.807) is 24.6 Å². The molecule has 3 aromatic rings. The van der Waals surface area contributed by atoms with Crippen molar-refractivity contribution in [1.29, 1.82) is 0 Å². The molecule has 144 valence electrons. The molecule has 0 bridgehead atoms. The molecule has 4 rings (SSSR count). The van der Waals surface area contributed by atoms with E-state index >= 15 is 0 Å².